The van der Waals surface area contributed by atoms with Crippen LogP contribution in [-0.2, 0) is 11.3 Å². The number of furan rings is 1. The van der Waals surface area contributed by atoms with Gasteiger partial charge in [-0.3, -0.25) is 9.48 Å². The van der Waals surface area contributed by atoms with Gasteiger partial charge in [-0.2, -0.15) is 5.10 Å². The number of anilines is 1. The molecule has 2 aliphatic rings. The molecule has 2 aliphatic heterocycles. The maximum absolute atomic E-state index is 12.9. The number of ether oxygens (including phenoxy) is 1. The molecule has 0 N–H and O–H groups in total. The van der Waals surface area contributed by atoms with Crippen LogP contribution in [-0.4, -0.2) is 34.9 Å². The van der Waals surface area contributed by atoms with Crippen molar-refractivity contribution < 1.29 is 13.9 Å². The lowest BCUT2D eigenvalue weighted by atomic mass is 9.87. The third-order valence-electron chi connectivity index (χ3n) is 5.65. The molecule has 1 fully saturated rings. The summed E-state index contributed by atoms with van der Waals surface area (Å²) >= 11 is 0. The highest BCUT2D eigenvalue weighted by Gasteiger charge is 2.32. The lowest BCUT2D eigenvalue weighted by Crippen LogP contribution is -2.36. The first kappa shape index (κ1) is 17.3. The Morgan fingerprint density at radius 3 is 2.89 bits per heavy atom. The summed E-state index contributed by atoms with van der Waals surface area (Å²) < 4.78 is 13.0. The van der Waals surface area contributed by atoms with Crippen molar-refractivity contribution in [2.75, 3.05) is 18.1 Å². The van der Waals surface area contributed by atoms with E-state index in [9.17, 15) is 4.79 Å². The summed E-state index contributed by atoms with van der Waals surface area (Å²) in [5.41, 5.74) is 3.13. The van der Waals surface area contributed by atoms with Crippen LogP contribution in [0.25, 0.3) is 0 Å². The van der Waals surface area contributed by atoms with E-state index in [1.807, 2.05) is 34.0 Å². The Morgan fingerprint density at radius 2 is 2.07 bits per heavy atom. The average molecular weight is 377 g/mol. The van der Waals surface area contributed by atoms with Gasteiger partial charge in [0, 0.05) is 31.0 Å². The molecule has 1 saturated heterocycles. The number of para-hydroxylation sites is 1. The number of rotatable bonds is 4. The number of hydrogen-bond acceptors (Lipinski definition) is 4. The molecule has 0 bridgehead atoms. The van der Waals surface area contributed by atoms with Gasteiger partial charge in [0.1, 0.15) is 0 Å². The fraction of sp³-hybridized carbons (Fsp3) is 0.364. The Kier molecular flexibility index (Phi) is 4.49. The molecule has 6 nitrogen and oxygen atoms in total. The minimum absolute atomic E-state index is 0.0974. The van der Waals surface area contributed by atoms with Crippen LogP contribution in [0.2, 0.25) is 0 Å². The quantitative estimate of drug-likeness (QED) is 0.693. The van der Waals surface area contributed by atoms with Gasteiger partial charge in [-0.1, -0.05) is 18.2 Å². The lowest BCUT2D eigenvalue weighted by Gasteiger charge is -2.33. The van der Waals surface area contributed by atoms with Crippen LogP contribution in [0.3, 0.4) is 0 Å². The molecule has 1 aromatic carbocycles. The molecular formula is C22H23N3O3. The zero-order chi connectivity index (χ0) is 18.9. The molecule has 0 saturated carbocycles. The first-order valence-electron chi connectivity index (χ1n) is 9.89. The number of hydrogen-bond donors (Lipinski definition) is 0. The van der Waals surface area contributed by atoms with Gasteiger partial charge in [0.25, 0.3) is 5.91 Å². The molecule has 0 aliphatic carbocycles. The second kappa shape index (κ2) is 7.28. The summed E-state index contributed by atoms with van der Waals surface area (Å²) in [4.78, 5) is 14.7. The number of aromatic nitrogens is 2. The molecule has 0 radical (unpaired) electrons. The first-order chi connectivity index (χ1) is 13.8. The smallest absolute Gasteiger partial charge is 0.293 e. The van der Waals surface area contributed by atoms with Crippen LogP contribution in [0, 0.1) is 0 Å². The highest BCUT2D eigenvalue weighted by molar-refractivity contribution is 6.05. The summed E-state index contributed by atoms with van der Waals surface area (Å²) in [5, 5.41) is 4.83. The molecular weight excluding hydrogens is 354 g/mol. The molecule has 1 amide bonds. The van der Waals surface area contributed by atoms with Gasteiger partial charge in [0.2, 0.25) is 0 Å². The van der Waals surface area contributed by atoms with Crippen LogP contribution in [0.5, 0.6) is 0 Å². The number of fused-ring (bicyclic) bond motifs is 1. The van der Waals surface area contributed by atoms with Crippen molar-refractivity contribution in [3.05, 3.63) is 71.9 Å². The van der Waals surface area contributed by atoms with Crippen molar-refractivity contribution in [1.82, 2.24) is 9.78 Å². The van der Waals surface area contributed by atoms with Crippen molar-refractivity contribution >= 4 is 11.6 Å². The normalized spacial score (nSPS) is 21.6. The van der Waals surface area contributed by atoms with E-state index < -0.39 is 0 Å². The molecule has 6 heteroatoms. The van der Waals surface area contributed by atoms with E-state index in [1.165, 1.54) is 6.26 Å². The Labute approximate surface area is 163 Å². The Hall–Kier alpha value is -2.86. The van der Waals surface area contributed by atoms with Gasteiger partial charge >= 0.3 is 0 Å². The largest absolute Gasteiger partial charge is 0.459 e. The van der Waals surface area contributed by atoms with E-state index in [-0.39, 0.29) is 17.9 Å². The molecule has 0 spiro atoms. The highest BCUT2D eigenvalue weighted by atomic mass is 16.5. The average Bonchev–Trinajstić information content (AvgIpc) is 3.50. The molecule has 0 unspecified atom stereocenters. The second-order valence-electron chi connectivity index (χ2n) is 7.43. The predicted molar refractivity (Wildman–Crippen MR) is 104 cm³/mol. The van der Waals surface area contributed by atoms with Crippen LogP contribution in [0.15, 0.2) is 59.3 Å². The minimum Gasteiger partial charge on any atom is -0.459 e. The fourth-order valence-corrected chi connectivity index (χ4v) is 4.28. The topological polar surface area (TPSA) is 60.5 Å². The van der Waals surface area contributed by atoms with Gasteiger partial charge in [0.05, 0.1) is 24.6 Å². The fourth-order valence-electron chi connectivity index (χ4n) is 4.28. The van der Waals surface area contributed by atoms with E-state index in [1.54, 1.807) is 12.1 Å². The number of amides is 1. The van der Waals surface area contributed by atoms with Crippen LogP contribution < -0.4 is 4.90 Å². The van der Waals surface area contributed by atoms with Gasteiger partial charge < -0.3 is 14.1 Å². The summed E-state index contributed by atoms with van der Waals surface area (Å²) in [6, 6.07) is 13.7. The van der Waals surface area contributed by atoms with Crippen molar-refractivity contribution in [1.29, 1.82) is 0 Å². The molecule has 144 valence electrons. The van der Waals surface area contributed by atoms with Gasteiger partial charge in [0.15, 0.2) is 5.76 Å². The van der Waals surface area contributed by atoms with E-state index in [4.69, 9.17) is 14.3 Å². The lowest BCUT2D eigenvalue weighted by molar-refractivity contribution is 0.0937. The zero-order valence-corrected chi connectivity index (χ0v) is 15.7. The summed E-state index contributed by atoms with van der Waals surface area (Å²) in [6.07, 6.45) is 6.92. The Balaban J connectivity index is 1.41. The molecule has 2 atom stereocenters. The standard InChI is InChI=1S/C22H23N3O3/c26-22(21-8-4-14-28-21)25-12-9-17(18-6-1-2-7-20(18)25)19-10-11-24(23-19)15-16-5-3-13-27-16/h1-2,4,6-8,10-11,14,16-17H,3,5,9,12-13,15H2/t16-,17+/m1/s1. The zero-order valence-electron chi connectivity index (χ0n) is 15.7. The van der Waals surface area contributed by atoms with E-state index in [0.29, 0.717) is 12.3 Å². The summed E-state index contributed by atoms with van der Waals surface area (Å²) in [5.74, 6) is 0.455. The minimum atomic E-state index is -0.0974. The monoisotopic (exact) mass is 377 g/mol. The maximum Gasteiger partial charge on any atom is 0.293 e. The van der Waals surface area contributed by atoms with Crippen molar-refractivity contribution in [3.63, 3.8) is 0 Å². The maximum atomic E-state index is 12.9. The van der Waals surface area contributed by atoms with Crippen molar-refractivity contribution in [3.8, 4) is 0 Å². The third kappa shape index (κ3) is 3.14. The number of nitrogens with zero attached hydrogens (tertiary/aromatic N) is 3. The Morgan fingerprint density at radius 1 is 1.14 bits per heavy atom. The van der Waals surface area contributed by atoms with Crippen molar-refractivity contribution in [2.45, 2.75) is 37.8 Å². The van der Waals surface area contributed by atoms with Gasteiger partial charge in [-0.05, 0) is 49.1 Å². The number of benzene rings is 1. The van der Waals surface area contributed by atoms with Crippen LogP contribution >= 0.6 is 0 Å². The van der Waals surface area contributed by atoms with E-state index in [2.05, 4.69) is 12.1 Å². The second-order valence-corrected chi connectivity index (χ2v) is 7.43. The first-order valence-corrected chi connectivity index (χ1v) is 9.89. The molecule has 3 aromatic rings. The highest BCUT2D eigenvalue weighted by Crippen LogP contribution is 2.39. The van der Waals surface area contributed by atoms with Crippen LogP contribution in [0.4, 0.5) is 5.69 Å². The van der Waals surface area contributed by atoms with E-state index in [0.717, 1.165) is 49.4 Å². The van der Waals surface area contributed by atoms with Gasteiger partial charge in [-0.25, -0.2) is 0 Å². The number of carbonyl (C=O) groups excluding carboxylic acids is 1. The molecule has 2 aromatic heterocycles. The van der Waals surface area contributed by atoms with Gasteiger partial charge in [-0.15, -0.1) is 0 Å². The Bertz CT molecular complexity index is 957. The van der Waals surface area contributed by atoms with E-state index >= 15 is 0 Å². The summed E-state index contributed by atoms with van der Waals surface area (Å²) in [6.45, 7) is 2.30. The molecule has 4 heterocycles. The summed E-state index contributed by atoms with van der Waals surface area (Å²) in [7, 11) is 0. The molecule has 28 heavy (non-hydrogen) atoms. The van der Waals surface area contributed by atoms with Crippen molar-refractivity contribution in [2.24, 2.45) is 0 Å². The SMILES string of the molecule is O=C(c1ccco1)N1CC[C@H](c2ccn(C[C@H]3CCCO3)n2)c2ccccc21. The third-order valence-corrected chi connectivity index (χ3v) is 5.65. The molecule has 5 rings (SSSR count). The van der Waals surface area contributed by atoms with Crippen LogP contribution in [0.1, 0.15) is 47.0 Å². The predicted octanol–water partition coefficient (Wildman–Crippen LogP) is 3.84. The number of carbonyl (C=O) groups is 1.